The first-order valence-electron chi connectivity index (χ1n) is 9.71. The van der Waals surface area contributed by atoms with Crippen LogP contribution in [-0.4, -0.2) is 64.9 Å². The highest BCUT2D eigenvalue weighted by atomic mass is 127. The van der Waals surface area contributed by atoms with Crippen molar-refractivity contribution in [2.24, 2.45) is 4.99 Å². The molecule has 158 valence electrons. The maximum Gasteiger partial charge on any atom is 0.193 e. The first-order valence-corrected chi connectivity index (χ1v) is 9.71. The average molecular weight is 510 g/mol. The Bertz CT molecular complexity index is 792. The standard InChI is InChI=1S/C22H30N4O2.HI/c1-23-22(24-11-10-18-6-4-8-20(16-18)27-2)26-14-12-25(13-15-26)19-7-5-9-21(17-19)28-3;/h4-9,16-17H,10-15H2,1-3H3,(H,23,24);1H. The molecule has 0 atom stereocenters. The molecule has 2 aromatic rings. The van der Waals surface area contributed by atoms with E-state index in [9.17, 15) is 0 Å². The summed E-state index contributed by atoms with van der Waals surface area (Å²) in [6.45, 7) is 4.65. The lowest BCUT2D eigenvalue weighted by atomic mass is 10.1. The lowest BCUT2D eigenvalue weighted by molar-refractivity contribution is 0.372. The summed E-state index contributed by atoms with van der Waals surface area (Å²) in [6.07, 6.45) is 0.931. The second-order valence-electron chi connectivity index (χ2n) is 6.75. The number of hydrogen-bond acceptors (Lipinski definition) is 4. The zero-order valence-corrected chi connectivity index (χ0v) is 19.8. The van der Waals surface area contributed by atoms with Gasteiger partial charge in [0.2, 0.25) is 0 Å². The van der Waals surface area contributed by atoms with Gasteiger partial charge in [-0.2, -0.15) is 0 Å². The molecule has 0 bridgehead atoms. The molecule has 1 N–H and O–H groups in total. The van der Waals surface area contributed by atoms with Crippen molar-refractivity contribution >= 4 is 35.6 Å². The number of guanidine groups is 1. The molecule has 3 rings (SSSR count). The van der Waals surface area contributed by atoms with E-state index in [4.69, 9.17) is 9.47 Å². The molecule has 0 aromatic heterocycles. The molecule has 6 nitrogen and oxygen atoms in total. The van der Waals surface area contributed by atoms with Gasteiger partial charge in [0.05, 0.1) is 14.2 Å². The number of ether oxygens (including phenoxy) is 2. The predicted molar refractivity (Wildman–Crippen MR) is 130 cm³/mol. The van der Waals surface area contributed by atoms with E-state index in [1.54, 1.807) is 14.2 Å². The van der Waals surface area contributed by atoms with Crippen LogP contribution in [0.4, 0.5) is 5.69 Å². The minimum atomic E-state index is 0. The summed E-state index contributed by atoms with van der Waals surface area (Å²) in [7, 11) is 5.25. The van der Waals surface area contributed by atoms with Gasteiger partial charge < -0.3 is 24.6 Å². The van der Waals surface area contributed by atoms with Crippen LogP contribution in [0.5, 0.6) is 11.5 Å². The van der Waals surface area contributed by atoms with Gasteiger partial charge in [0.25, 0.3) is 0 Å². The molecule has 0 unspecified atom stereocenters. The third-order valence-corrected chi connectivity index (χ3v) is 5.04. The molecular weight excluding hydrogens is 479 g/mol. The number of rotatable bonds is 6. The van der Waals surface area contributed by atoms with Crippen LogP contribution in [0.2, 0.25) is 0 Å². The number of halogens is 1. The highest BCUT2D eigenvalue weighted by Gasteiger charge is 2.20. The molecular formula is C22H31IN4O2. The smallest absolute Gasteiger partial charge is 0.193 e. The van der Waals surface area contributed by atoms with E-state index in [-0.39, 0.29) is 24.0 Å². The van der Waals surface area contributed by atoms with E-state index in [0.29, 0.717) is 0 Å². The molecule has 0 saturated carbocycles. The van der Waals surface area contributed by atoms with Crippen molar-refractivity contribution in [1.29, 1.82) is 0 Å². The molecule has 1 fully saturated rings. The topological polar surface area (TPSA) is 49.3 Å². The van der Waals surface area contributed by atoms with Crippen LogP contribution in [0.3, 0.4) is 0 Å². The van der Waals surface area contributed by atoms with Crippen LogP contribution in [-0.2, 0) is 6.42 Å². The summed E-state index contributed by atoms with van der Waals surface area (Å²) in [5, 5.41) is 3.49. The summed E-state index contributed by atoms with van der Waals surface area (Å²) < 4.78 is 10.6. The summed E-state index contributed by atoms with van der Waals surface area (Å²) >= 11 is 0. The van der Waals surface area contributed by atoms with Gasteiger partial charge in [-0.1, -0.05) is 18.2 Å². The van der Waals surface area contributed by atoms with Gasteiger partial charge in [-0.15, -0.1) is 24.0 Å². The molecule has 1 heterocycles. The van der Waals surface area contributed by atoms with E-state index < -0.39 is 0 Å². The van der Waals surface area contributed by atoms with Crippen LogP contribution in [0.1, 0.15) is 5.56 Å². The Kier molecular flexibility index (Phi) is 9.37. The second kappa shape index (κ2) is 11.7. The maximum atomic E-state index is 5.34. The van der Waals surface area contributed by atoms with E-state index in [0.717, 1.165) is 56.6 Å². The Morgan fingerprint density at radius 3 is 2.28 bits per heavy atom. The van der Waals surface area contributed by atoms with Gasteiger partial charge in [-0.3, -0.25) is 4.99 Å². The first kappa shape index (κ1) is 23.1. The second-order valence-corrected chi connectivity index (χ2v) is 6.75. The van der Waals surface area contributed by atoms with Gasteiger partial charge in [0.15, 0.2) is 5.96 Å². The Morgan fingerprint density at radius 2 is 1.62 bits per heavy atom. The third-order valence-electron chi connectivity index (χ3n) is 5.04. The first-order chi connectivity index (χ1) is 13.7. The van der Waals surface area contributed by atoms with Gasteiger partial charge in [0, 0.05) is 51.5 Å². The van der Waals surface area contributed by atoms with Crippen molar-refractivity contribution in [3.8, 4) is 11.5 Å². The fraction of sp³-hybridized carbons (Fsp3) is 0.409. The Morgan fingerprint density at radius 1 is 0.966 bits per heavy atom. The van der Waals surface area contributed by atoms with E-state index in [1.165, 1.54) is 11.3 Å². The monoisotopic (exact) mass is 510 g/mol. The van der Waals surface area contributed by atoms with Crippen molar-refractivity contribution in [3.63, 3.8) is 0 Å². The average Bonchev–Trinajstić information content (AvgIpc) is 2.77. The minimum Gasteiger partial charge on any atom is -0.497 e. The number of methoxy groups -OCH3 is 2. The van der Waals surface area contributed by atoms with Crippen LogP contribution < -0.4 is 19.7 Å². The summed E-state index contributed by atoms with van der Waals surface area (Å²) in [5.74, 6) is 2.76. The number of nitrogens with zero attached hydrogens (tertiary/aromatic N) is 3. The predicted octanol–water partition coefficient (Wildman–Crippen LogP) is 3.26. The molecule has 1 aliphatic heterocycles. The van der Waals surface area contributed by atoms with Crippen LogP contribution in [0.15, 0.2) is 53.5 Å². The number of piperazine rings is 1. The van der Waals surface area contributed by atoms with Crippen LogP contribution in [0, 0.1) is 0 Å². The lowest BCUT2D eigenvalue weighted by Crippen LogP contribution is -2.52. The number of aliphatic imine (C=N–C) groups is 1. The fourth-order valence-electron chi connectivity index (χ4n) is 3.46. The van der Waals surface area contributed by atoms with E-state index in [1.807, 2.05) is 31.3 Å². The molecule has 1 saturated heterocycles. The highest BCUT2D eigenvalue weighted by Crippen LogP contribution is 2.22. The zero-order valence-electron chi connectivity index (χ0n) is 17.4. The lowest BCUT2D eigenvalue weighted by Gasteiger charge is -2.37. The quantitative estimate of drug-likeness (QED) is 0.368. The van der Waals surface area contributed by atoms with Crippen molar-refractivity contribution in [1.82, 2.24) is 10.2 Å². The molecule has 0 spiro atoms. The third kappa shape index (κ3) is 6.42. The molecule has 0 aliphatic carbocycles. The Balaban J connectivity index is 0.00000300. The van der Waals surface area contributed by atoms with Gasteiger partial charge >= 0.3 is 0 Å². The van der Waals surface area contributed by atoms with E-state index in [2.05, 4.69) is 44.4 Å². The number of nitrogens with one attached hydrogen (secondary N) is 1. The number of anilines is 1. The summed E-state index contributed by atoms with van der Waals surface area (Å²) in [4.78, 5) is 9.18. The normalized spacial score (nSPS) is 14.2. The maximum absolute atomic E-state index is 5.34. The SMILES string of the molecule is CN=C(NCCc1cccc(OC)c1)N1CCN(c2cccc(OC)c2)CC1.I. The van der Waals surface area contributed by atoms with Crippen LogP contribution >= 0.6 is 24.0 Å². The number of hydrogen-bond donors (Lipinski definition) is 1. The molecule has 0 radical (unpaired) electrons. The van der Waals surface area contributed by atoms with Crippen molar-refractivity contribution < 1.29 is 9.47 Å². The van der Waals surface area contributed by atoms with Crippen molar-refractivity contribution in [3.05, 3.63) is 54.1 Å². The van der Waals surface area contributed by atoms with Crippen LogP contribution in [0.25, 0.3) is 0 Å². The summed E-state index contributed by atoms with van der Waals surface area (Å²) in [6, 6.07) is 16.5. The van der Waals surface area contributed by atoms with Crippen molar-refractivity contribution in [2.45, 2.75) is 6.42 Å². The highest BCUT2D eigenvalue weighted by molar-refractivity contribution is 14.0. The minimum absolute atomic E-state index is 0. The summed E-state index contributed by atoms with van der Waals surface area (Å²) in [5.41, 5.74) is 2.46. The largest absolute Gasteiger partial charge is 0.497 e. The molecule has 29 heavy (non-hydrogen) atoms. The van der Waals surface area contributed by atoms with E-state index >= 15 is 0 Å². The number of benzene rings is 2. The van der Waals surface area contributed by atoms with Crippen molar-refractivity contribution in [2.75, 3.05) is 58.9 Å². The van der Waals surface area contributed by atoms with Gasteiger partial charge in [-0.05, 0) is 36.2 Å². The molecule has 2 aromatic carbocycles. The molecule has 7 heteroatoms. The Labute approximate surface area is 190 Å². The van der Waals surface area contributed by atoms with Gasteiger partial charge in [-0.25, -0.2) is 0 Å². The fourth-order valence-corrected chi connectivity index (χ4v) is 3.46. The molecule has 0 amide bonds. The Hall–Kier alpha value is -2.16. The van der Waals surface area contributed by atoms with Gasteiger partial charge in [0.1, 0.15) is 11.5 Å². The zero-order chi connectivity index (χ0) is 19.8. The molecule has 1 aliphatic rings.